The van der Waals surface area contributed by atoms with Crippen molar-refractivity contribution < 1.29 is 27.9 Å². The smallest absolute Gasteiger partial charge is 0.390 e. The van der Waals surface area contributed by atoms with E-state index in [1.807, 2.05) is 23.8 Å². The predicted molar refractivity (Wildman–Crippen MR) is 155 cm³/mol. The minimum absolute atomic E-state index is 0.00216. The summed E-state index contributed by atoms with van der Waals surface area (Å²) >= 11 is 0. The van der Waals surface area contributed by atoms with E-state index in [0.29, 0.717) is 36.7 Å². The Balaban J connectivity index is 1.13. The van der Waals surface area contributed by atoms with Crippen molar-refractivity contribution in [2.75, 3.05) is 40.3 Å². The van der Waals surface area contributed by atoms with Gasteiger partial charge in [0.05, 0.1) is 17.2 Å². The second kappa shape index (κ2) is 11.9. The molecule has 3 fully saturated rings. The van der Waals surface area contributed by atoms with Gasteiger partial charge in [-0.05, 0) is 80.8 Å². The highest BCUT2D eigenvalue weighted by Crippen LogP contribution is 2.33. The molecule has 2 aliphatic heterocycles. The number of nitrogens with zero attached hydrogens (tertiary/aromatic N) is 4. The van der Waals surface area contributed by atoms with Gasteiger partial charge in [0.1, 0.15) is 0 Å². The summed E-state index contributed by atoms with van der Waals surface area (Å²) in [6.45, 7) is 4.80. The van der Waals surface area contributed by atoms with Crippen LogP contribution in [0.15, 0.2) is 48.5 Å². The average molecular weight is 587 g/mol. The summed E-state index contributed by atoms with van der Waals surface area (Å²) < 4.78 is 38.6. The number of benzene rings is 2. The van der Waals surface area contributed by atoms with E-state index in [9.17, 15) is 27.9 Å². The number of halogens is 3. The monoisotopic (exact) mass is 586 g/mol. The van der Waals surface area contributed by atoms with E-state index in [1.165, 1.54) is 12.1 Å². The van der Waals surface area contributed by atoms with E-state index in [1.54, 1.807) is 36.2 Å². The lowest BCUT2D eigenvalue weighted by atomic mass is 9.83. The topological polar surface area (TPSA) is 67.3 Å². The van der Waals surface area contributed by atoms with Gasteiger partial charge in [0.15, 0.2) is 0 Å². The fourth-order valence-electron chi connectivity index (χ4n) is 6.64. The summed E-state index contributed by atoms with van der Waals surface area (Å²) in [6.07, 6.45) is 0.868. The van der Waals surface area contributed by atoms with Crippen molar-refractivity contribution in [2.24, 2.45) is 0 Å². The number of rotatable bonds is 5. The zero-order valence-corrected chi connectivity index (χ0v) is 24.6. The average Bonchev–Trinajstić information content (AvgIpc) is 3.66. The Morgan fingerprint density at radius 1 is 0.833 bits per heavy atom. The maximum atomic E-state index is 13.4. The summed E-state index contributed by atoms with van der Waals surface area (Å²) in [7, 11) is 3.63. The zero-order valence-electron chi connectivity index (χ0n) is 24.6. The number of hydrogen-bond acceptors (Lipinski definition) is 4. The van der Waals surface area contributed by atoms with Crippen LogP contribution in [0.4, 0.5) is 18.0 Å². The van der Waals surface area contributed by atoms with Crippen LogP contribution in [-0.2, 0) is 6.18 Å². The standard InChI is InChI=1S/C32H41F3N4O3/c1-31(42)16-12-26(13-17-31)38-18-14-28(20-38)37(3)30(41)39-19-15-27(21-39)36(2)29(40)24-6-4-22(5-7-24)23-8-10-25(11-9-23)32(33,34)35/h4-11,26-28,42H,12-21H2,1-3H3/t26?,27-,28?,31?/m0/s1. The second-order valence-electron chi connectivity index (χ2n) is 12.5. The number of carbonyl (C=O) groups is 2. The van der Waals surface area contributed by atoms with Gasteiger partial charge in [-0.15, -0.1) is 0 Å². The molecule has 3 aliphatic rings. The van der Waals surface area contributed by atoms with Crippen molar-refractivity contribution in [2.45, 2.75) is 75.4 Å². The van der Waals surface area contributed by atoms with Gasteiger partial charge in [-0.3, -0.25) is 9.69 Å². The molecule has 228 valence electrons. The Hall–Kier alpha value is -3.11. The van der Waals surface area contributed by atoms with E-state index in [4.69, 9.17) is 0 Å². The molecule has 42 heavy (non-hydrogen) atoms. The normalized spacial score (nSPS) is 26.8. The summed E-state index contributed by atoms with van der Waals surface area (Å²) in [6, 6.07) is 12.4. The quantitative estimate of drug-likeness (QED) is 0.514. The first-order valence-corrected chi connectivity index (χ1v) is 14.9. The van der Waals surface area contributed by atoms with Crippen LogP contribution in [0.5, 0.6) is 0 Å². The third-order valence-electron chi connectivity index (χ3n) is 9.57. The third-order valence-corrected chi connectivity index (χ3v) is 9.57. The maximum absolute atomic E-state index is 13.4. The lowest BCUT2D eigenvalue weighted by Crippen LogP contribution is -2.48. The van der Waals surface area contributed by atoms with Crippen molar-refractivity contribution >= 4 is 11.9 Å². The van der Waals surface area contributed by atoms with E-state index >= 15 is 0 Å². The number of aliphatic hydroxyl groups is 1. The molecule has 0 spiro atoms. The number of urea groups is 1. The largest absolute Gasteiger partial charge is 0.416 e. The van der Waals surface area contributed by atoms with Gasteiger partial charge in [0.25, 0.3) is 5.91 Å². The molecular formula is C32H41F3N4O3. The first-order valence-electron chi connectivity index (χ1n) is 14.9. The Bertz CT molecular complexity index is 1260. The molecule has 3 amide bonds. The molecule has 1 unspecified atom stereocenters. The van der Waals surface area contributed by atoms with Crippen LogP contribution in [-0.4, -0.2) is 101 Å². The van der Waals surface area contributed by atoms with Gasteiger partial charge in [-0.25, -0.2) is 4.79 Å². The Labute approximate surface area is 245 Å². The zero-order chi connectivity index (χ0) is 30.2. The van der Waals surface area contributed by atoms with Crippen LogP contribution >= 0.6 is 0 Å². The highest BCUT2D eigenvalue weighted by molar-refractivity contribution is 5.95. The van der Waals surface area contributed by atoms with Crippen LogP contribution in [0.25, 0.3) is 11.1 Å². The molecule has 2 heterocycles. The molecule has 7 nitrogen and oxygen atoms in total. The molecule has 10 heteroatoms. The fraction of sp³-hybridized carbons (Fsp3) is 0.562. The molecule has 1 N–H and O–H groups in total. The highest BCUT2D eigenvalue weighted by Gasteiger charge is 2.39. The molecule has 0 aromatic heterocycles. The number of carbonyl (C=O) groups excluding carboxylic acids is 2. The van der Waals surface area contributed by atoms with Gasteiger partial charge in [0, 0.05) is 57.9 Å². The fourth-order valence-corrected chi connectivity index (χ4v) is 6.64. The number of alkyl halides is 3. The molecule has 2 atom stereocenters. The summed E-state index contributed by atoms with van der Waals surface area (Å²) in [5.41, 5.74) is 0.606. The molecule has 2 aromatic carbocycles. The Morgan fingerprint density at radius 2 is 1.38 bits per heavy atom. The van der Waals surface area contributed by atoms with Crippen LogP contribution < -0.4 is 0 Å². The van der Waals surface area contributed by atoms with Crippen LogP contribution in [0, 0.1) is 0 Å². The van der Waals surface area contributed by atoms with Gasteiger partial charge in [-0.1, -0.05) is 24.3 Å². The van der Waals surface area contributed by atoms with Crippen LogP contribution in [0.3, 0.4) is 0 Å². The molecular weight excluding hydrogens is 545 g/mol. The van der Waals surface area contributed by atoms with Gasteiger partial charge in [0.2, 0.25) is 0 Å². The molecule has 1 saturated carbocycles. The predicted octanol–water partition coefficient (Wildman–Crippen LogP) is 5.34. The molecule has 0 bridgehead atoms. The van der Waals surface area contributed by atoms with Gasteiger partial charge >= 0.3 is 12.2 Å². The SMILES string of the molecule is CN(C(=O)N1CC[C@H](N(C)C(=O)c2ccc(-c3ccc(C(F)(F)F)cc3)cc2)C1)C1CCN(C2CCC(C)(O)CC2)C1. The summed E-state index contributed by atoms with van der Waals surface area (Å²) in [5.74, 6) is -0.153. The Morgan fingerprint density at radius 3 is 1.98 bits per heavy atom. The van der Waals surface area contributed by atoms with Crippen molar-refractivity contribution in [3.63, 3.8) is 0 Å². The van der Waals surface area contributed by atoms with Crippen molar-refractivity contribution in [1.29, 1.82) is 0 Å². The second-order valence-corrected chi connectivity index (χ2v) is 12.5. The molecule has 1 aliphatic carbocycles. The summed E-state index contributed by atoms with van der Waals surface area (Å²) in [4.78, 5) is 34.5. The number of hydrogen-bond donors (Lipinski definition) is 1. The minimum atomic E-state index is -4.38. The number of likely N-dealkylation sites (N-methyl/N-ethyl adjacent to an activating group) is 2. The molecule has 5 rings (SSSR count). The number of amides is 3. The van der Waals surface area contributed by atoms with Crippen LogP contribution in [0.2, 0.25) is 0 Å². The molecule has 0 radical (unpaired) electrons. The first kappa shape index (κ1) is 30.4. The van der Waals surface area contributed by atoms with Crippen LogP contribution in [0.1, 0.15) is 61.4 Å². The first-order chi connectivity index (χ1) is 19.8. The lowest BCUT2D eigenvalue weighted by molar-refractivity contribution is -0.137. The lowest BCUT2D eigenvalue weighted by Gasteiger charge is -2.38. The van der Waals surface area contributed by atoms with E-state index in [2.05, 4.69) is 4.90 Å². The Kier molecular flexibility index (Phi) is 8.58. The molecule has 2 aromatic rings. The van der Waals surface area contributed by atoms with Crippen molar-refractivity contribution in [3.8, 4) is 11.1 Å². The highest BCUT2D eigenvalue weighted by atomic mass is 19.4. The summed E-state index contributed by atoms with van der Waals surface area (Å²) in [5, 5.41) is 10.3. The van der Waals surface area contributed by atoms with Gasteiger partial charge < -0.3 is 19.8 Å². The minimum Gasteiger partial charge on any atom is -0.390 e. The van der Waals surface area contributed by atoms with E-state index < -0.39 is 17.3 Å². The van der Waals surface area contributed by atoms with Gasteiger partial charge in [-0.2, -0.15) is 13.2 Å². The maximum Gasteiger partial charge on any atom is 0.416 e. The van der Waals surface area contributed by atoms with E-state index in [0.717, 1.165) is 62.9 Å². The number of likely N-dealkylation sites (tertiary alicyclic amines) is 2. The molecule has 2 saturated heterocycles. The van der Waals surface area contributed by atoms with Crippen molar-refractivity contribution in [3.05, 3.63) is 59.7 Å². The van der Waals surface area contributed by atoms with E-state index in [-0.39, 0.29) is 24.0 Å². The van der Waals surface area contributed by atoms with Crippen molar-refractivity contribution in [1.82, 2.24) is 19.6 Å². The third kappa shape index (κ3) is 6.59.